The lowest BCUT2D eigenvalue weighted by Gasteiger charge is -2.53. The van der Waals surface area contributed by atoms with E-state index >= 15 is 4.79 Å². The number of methoxy groups -OCH3 is 1. The van der Waals surface area contributed by atoms with E-state index in [0.29, 0.717) is 27.8 Å². The summed E-state index contributed by atoms with van der Waals surface area (Å²) in [6.45, 7) is 4.83. The molecule has 0 unspecified atom stereocenters. The average Bonchev–Trinajstić information content (AvgIpc) is 0.738. The van der Waals surface area contributed by atoms with Crippen molar-refractivity contribution in [3.8, 4) is 0 Å². The van der Waals surface area contributed by atoms with Gasteiger partial charge in [0, 0.05) is 74.1 Å². The molecule has 42 heteroatoms. The third-order valence-corrected chi connectivity index (χ3v) is 22.0. The molecule has 5 fully saturated rings. The van der Waals surface area contributed by atoms with Crippen LogP contribution in [0.25, 0.3) is 10.4 Å². The highest BCUT2D eigenvalue weighted by atomic mass is 16.8. The van der Waals surface area contributed by atoms with Gasteiger partial charge < -0.3 is 129 Å². The van der Waals surface area contributed by atoms with Crippen molar-refractivity contribution >= 4 is 71.6 Å². The minimum atomic E-state index is -3.38. The van der Waals surface area contributed by atoms with E-state index in [2.05, 4.69) is 15.3 Å². The highest BCUT2D eigenvalue weighted by Gasteiger charge is 2.65. The summed E-state index contributed by atoms with van der Waals surface area (Å²) in [6.07, 6.45) is -47.3. The van der Waals surface area contributed by atoms with Gasteiger partial charge in [-0.15, -0.1) is 0 Å². The molecule has 0 aromatic heterocycles. The number of hydrogen-bond donors (Lipinski definition) is 2. The second-order valence-corrected chi connectivity index (χ2v) is 32.6. The summed E-state index contributed by atoms with van der Waals surface area (Å²) in [4.78, 5) is 168. The van der Waals surface area contributed by atoms with E-state index in [-0.39, 0.29) is 45.2 Å². The molecule has 5 saturated heterocycles. The van der Waals surface area contributed by atoms with E-state index in [9.17, 15) is 63.4 Å². The Morgan fingerprint density at radius 3 is 1.31 bits per heavy atom. The van der Waals surface area contributed by atoms with Crippen LogP contribution in [0.2, 0.25) is 0 Å². The molecule has 1 amide bonds. The molecule has 11 rings (SSSR count). The third kappa shape index (κ3) is 30.3. The molecular weight excluding hydrogens is 1820 g/mol. The lowest BCUT2D eigenvalue weighted by molar-refractivity contribution is -0.406. The number of rotatable bonds is 44. The Hall–Kier alpha value is -12.3. The van der Waals surface area contributed by atoms with Crippen LogP contribution in [-0.2, 0) is 204 Å². The van der Waals surface area contributed by atoms with Gasteiger partial charge in [0.2, 0.25) is 5.91 Å². The van der Waals surface area contributed by atoms with E-state index in [4.69, 9.17) is 118 Å². The monoisotopic (exact) mass is 1930 g/mol. The van der Waals surface area contributed by atoms with Crippen molar-refractivity contribution in [3.63, 3.8) is 0 Å². The first-order valence-electron chi connectivity index (χ1n) is 44.2. The van der Waals surface area contributed by atoms with E-state index in [0.717, 1.165) is 76.3 Å². The van der Waals surface area contributed by atoms with Crippen molar-refractivity contribution in [2.24, 2.45) is 5.11 Å². The quantitative estimate of drug-likeness (QED) is 0.0128. The second kappa shape index (κ2) is 51.9. The highest BCUT2D eigenvalue weighted by molar-refractivity contribution is 5.89. The molecule has 0 aliphatic carbocycles. The zero-order valence-corrected chi connectivity index (χ0v) is 77.4. The van der Waals surface area contributed by atoms with Gasteiger partial charge in [0.05, 0.1) is 71.4 Å². The van der Waals surface area contributed by atoms with Crippen LogP contribution in [0.4, 0.5) is 0 Å². The number of carbonyl (C=O) groups is 12. The predicted octanol–water partition coefficient (Wildman–Crippen LogP) is 6.96. The first-order valence-corrected chi connectivity index (χ1v) is 44.2. The molecule has 0 saturated carbocycles. The summed E-state index contributed by atoms with van der Waals surface area (Å²) >= 11 is 0. The van der Waals surface area contributed by atoms with Gasteiger partial charge in [-0.2, -0.15) is 0 Å². The van der Waals surface area contributed by atoms with Gasteiger partial charge in [0.1, 0.15) is 105 Å². The highest BCUT2D eigenvalue weighted by Crippen LogP contribution is 2.45. The van der Waals surface area contributed by atoms with E-state index < -0.39 is 263 Å². The van der Waals surface area contributed by atoms with Crippen molar-refractivity contribution in [3.05, 3.63) is 226 Å². The Morgan fingerprint density at radius 2 is 0.833 bits per heavy atom. The van der Waals surface area contributed by atoms with Gasteiger partial charge in [-0.3, -0.25) is 47.9 Å². The zero-order valence-electron chi connectivity index (χ0n) is 77.4. The Morgan fingerprint density at radius 1 is 0.420 bits per heavy atom. The molecule has 0 bridgehead atoms. The second-order valence-electron chi connectivity index (χ2n) is 32.6. The molecule has 6 aromatic rings. The van der Waals surface area contributed by atoms with Gasteiger partial charge >= 0.3 is 65.7 Å². The number of nitrogens with zero attached hydrogens (tertiary/aromatic N) is 3. The fraction of sp³-hybridized carbons (Fsp3) is 0.500. The van der Waals surface area contributed by atoms with Crippen LogP contribution in [0.15, 0.2) is 187 Å². The third-order valence-electron chi connectivity index (χ3n) is 22.0. The number of aliphatic hydroxyl groups is 1. The lowest BCUT2D eigenvalue weighted by Crippen LogP contribution is -2.72. The van der Waals surface area contributed by atoms with Crippen LogP contribution in [0.1, 0.15) is 114 Å². The molecule has 138 heavy (non-hydrogen) atoms. The Bertz CT molecular complexity index is 5050. The molecule has 2 N–H and O–H groups in total. The van der Waals surface area contributed by atoms with Gasteiger partial charge in [-0.1, -0.05) is 175 Å². The Labute approximate surface area is 793 Å². The number of hydrogen-bond acceptors (Lipinski definition) is 39. The van der Waals surface area contributed by atoms with Crippen molar-refractivity contribution in [2.75, 3.05) is 40.1 Å². The normalized spacial score (nSPS) is 28.2. The van der Waals surface area contributed by atoms with E-state index in [1.165, 1.54) is 24.3 Å². The van der Waals surface area contributed by atoms with Crippen LogP contribution in [-0.4, -0.2) is 276 Å². The summed E-state index contributed by atoms with van der Waals surface area (Å²) in [5.74, 6) is -16.6. The summed E-state index contributed by atoms with van der Waals surface area (Å²) < 4.78 is 161. The molecule has 6 aromatic carbocycles. The fourth-order valence-electron chi connectivity index (χ4n) is 16.3. The number of aliphatic hydroxyl groups excluding tert-OH is 1. The minimum Gasteiger partial charge on any atom is -0.465 e. The van der Waals surface area contributed by atoms with Crippen LogP contribution < -0.4 is 5.32 Å². The van der Waals surface area contributed by atoms with Crippen molar-refractivity contribution < 1.29 is 181 Å². The predicted molar refractivity (Wildman–Crippen MR) is 467 cm³/mol. The first-order chi connectivity index (χ1) is 66.3. The number of benzene rings is 6. The number of ether oxygens (including phenoxy) is 25. The standard InChI is InChI=1S/C96H112N4O38/c1-53(101)98-75-69(123-56(4)104)42-96(95(113)114-11,137-84(75)79(126-59(7)107)72(124-57(5)105)50-117-54(2)102)138-85-77(111)92(135-81-71(49-116-44-64-32-20-13-21-33-64)132-93(122-47-67-38-26-16-27-39-67)88(120-46-66-36-24-15-25-37-66)86(81)119-45-65-34-22-14-23-35-65)131-70(48-115-43-63-30-18-12-19-31-63)80(85)134-91-76(99-100-97)83(78(125-58(6)106)74(130-91)52-121-90(112)68-40-28-17-29-41-68)136-94-89(129-62(10)110)87(128-61(9)109)82(127-60(8)108)73(133-94)51-118-55(3)103/h12-41,69-89,91-94,111H,42-52H2,1-11H3,(H,98,101)/t69-,70+,71+,72+,73+,74+,75+,76+,77+,78-,79+,80-,81+,82-,83+,84-,85+,86-,87-,88+,89+,91-,92-,93-,94-,96-/m0/s1. The van der Waals surface area contributed by atoms with Crippen molar-refractivity contribution in [1.82, 2.24) is 5.32 Å². The van der Waals surface area contributed by atoms with Gasteiger partial charge in [-0.25, -0.2) is 9.59 Å². The van der Waals surface area contributed by atoms with E-state index in [1.807, 2.05) is 66.7 Å². The topological polar surface area (TPSA) is 517 Å². The van der Waals surface area contributed by atoms with Crippen LogP contribution >= 0.6 is 0 Å². The summed E-state index contributed by atoms with van der Waals surface area (Å²) in [5.41, 5.74) is 14.4. The van der Waals surface area contributed by atoms with Crippen molar-refractivity contribution in [2.45, 2.75) is 268 Å². The molecule has 26 atom stereocenters. The Balaban J connectivity index is 1.17. The number of esters is 11. The largest absolute Gasteiger partial charge is 0.465 e. The maximum atomic E-state index is 16.1. The van der Waals surface area contributed by atoms with Gasteiger partial charge in [-0.05, 0) is 45.5 Å². The van der Waals surface area contributed by atoms with Crippen LogP contribution in [0, 0.1) is 0 Å². The molecule has 42 nitrogen and oxygen atoms in total. The summed E-state index contributed by atoms with van der Waals surface area (Å²) in [5, 5.41) is 21.3. The maximum Gasteiger partial charge on any atom is 0.366 e. The summed E-state index contributed by atoms with van der Waals surface area (Å²) in [6, 6.07) is 48.0. The first kappa shape index (κ1) is 106. The van der Waals surface area contributed by atoms with Gasteiger partial charge in [0.25, 0.3) is 5.79 Å². The number of carbonyl (C=O) groups excluding carboxylic acids is 12. The minimum absolute atomic E-state index is 0.0471. The number of nitrogens with one attached hydrogen (secondary N) is 1. The van der Waals surface area contributed by atoms with E-state index in [1.54, 1.807) is 91.0 Å². The van der Waals surface area contributed by atoms with Crippen molar-refractivity contribution in [1.29, 1.82) is 0 Å². The molecular formula is C96H112N4O38. The molecule has 5 aliphatic rings. The fourth-order valence-corrected chi connectivity index (χ4v) is 16.3. The van der Waals surface area contributed by atoms with Crippen LogP contribution in [0.3, 0.4) is 0 Å². The number of azide groups is 1. The maximum absolute atomic E-state index is 16.1. The summed E-state index contributed by atoms with van der Waals surface area (Å²) in [7, 11) is 0.848. The van der Waals surface area contributed by atoms with Crippen LogP contribution in [0.5, 0.6) is 0 Å². The Kier molecular flexibility index (Phi) is 39.9. The molecule has 5 heterocycles. The lowest BCUT2D eigenvalue weighted by atomic mass is 9.87. The zero-order chi connectivity index (χ0) is 99.1. The molecule has 0 radical (unpaired) electrons. The SMILES string of the molecule is COC(=O)[C@@]1(O[C@@H]2[C@@H](O)[C@H](O[C@H]3[C@H](OCc4ccccc4)[C@@H](OCc4ccccc4)[C@@H](OCc4ccccc4)O[C@@H]3COCc3ccccc3)O[C@H](COCc3ccccc3)[C@@H]2O[C@@H]2O[C@H](COC(=O)c3ccccc3)[C@H](OC(C)=O)[C@H](O[C@@H]3O[C@H](COC(C)=O)[C@H](OC(C)=O)[C@H](OC(C)=O)[C@H]3OC(C)=O)[C@H]2N=[N+]=[N-])C[C@H](OC(C)=O)[C@@H](NC(C)=O)[C@@H]([C@H](OC(C)=O)[C@@H](COC(C)=O)OC(C)=O)O1. The smallest absolute Gasteiger partial charge is 0.366 e. The van der Waals surface area contributed by atoms with Gasteiger partial charge in [0.15, 0.2) is 61.8 Å². The molecule has 5 aliphatic heterocycles. The number of amides is 1. The molecule has 0 spiro atoms. The average molecular weight is 1930 g/mol. The molecule has 744 valence electrons.